The largest absolute Gasteiger partial charge is 0.493 e. The molecule has 0 atom stereocenters. The Balaban J connectivity index is 1.92. The number of hydrogen-bond donors (Lipinski definition) is 1. The van der Waals surface area contributed by atoms with E-state index in [1.165, 1.54) is 19.3 Å². The lowest BCUT2D eigenvalue weighted by Crippen LogP contribution is -2.35. The first-order chi connectivity index (χ1) is 8.85. The number of methoxy groups -OCH3 is 1. The zero-order chi connectivity index (χ0) is 12.8. The minimum absolute atomic E-state index is 0.850. The first kappa shape index (κ1) is 13.1. The molecule has 18 heavy (non-hydrogen) atoms. The molecular formula is C14H23N3O. The highest BCUT2D eigenvalue weighted by Crippen LogP contribution is 2.29. The molecule has 0 unspecified atom stereocenters. The Kier molecular flexibility index (Phi) is 4.81. The second-order valence-electron chi connectivity index (χ2n) is 4.85. The van der Waals surface area contributed by atoms with E-state index in [1.54, 1.807) is 7.11 Å². The lowest BCUT2D eigenvalue weighted by atomic mass is 9.93. The molecule has 2 rings (SSSR count). The maximum Gasteiger partial charge on any atom is 0.171 e. The van der Waals surface area contributed by atoms with Crippen molar-refractivity contribution in [2.45, 2.75) is 19.3 Å². The zero-order valence-corrected chi connectivity index (χ0v) is 11.4. The third-order valence-corrected chi connectivity index (χ3v) is 3.69. The van der Waals surface area contributed by atoms with Crippen LogP contribution in [0.3, 0.4) is 0 Å². The summed E-state index contributed by atoms with van der Waals surface area (Å²) in [7, 11) is 3.73. The van der Waals surface area contributed by atoms with Crippen molar-refractivity contribution in [3.8, 4) is 5.75 Å². The second kappa shape index (κ2) is 6.59. The molecule has 1 aromatic rings. The number of nitrogens with one attached hydrogen (secondary N) is 1. The van der Waals surface area contributed by atoms with Crippen molar-refractivity contribution in [1.82, 2.24) is 10.3 Å². The fraction of sp³-hybridized carbons (Fsp3) is 0.643. The van der Waals surface area contributed by atoms with Crippen molar-refractivity contribution >= 4 is 5.82 Å². The maximum absolute atomic E-state index is 5.38. The summed E-state index contributed by atoms with van der Waals surface area (Å²) in [4.78, 5) is 6.79. The molecule has 0 saturated carbocycles. The maximum atomic E-state index is 5.38. The molecule has 1 saturated heterocycles. The number of hydrogen-bond acceptors (Lipinski definition) is 4. The van der Waals surface area contributed by atoms with Crippen molar-refractivity contribution < 1.29 is 4.74 Å². The molecule has 1 N–H and O–H groups in total. The van der Waals surface area contributed by atoms with Crippen molar-refractivity contribution in [2.24, 2.45) is 5.92 Å². The molecule has 100 valence electrons. The lowest BCUT2D eigenvalue weighted by Gasteiger charge is -2.33. The van der Waals surface area contributed by atoms with E-state index in [0.717, 1.165) is 37.1 Å². The number of nitrogens with zero attached hydrogens (tertiary/aromatic N) is 2. The van der Waals surface area contributed by atoms with Crippen LogP contribution < -0.4 is 15.0 Å². The van der Waals surface area contributed by atoms with Crippen LogP contribution in [0.5, 0.6) is 5.75 Å². The molecule has 2 heterocycles. The van der Waals surface area contributed by atoms with Gasteiger partial charge in [0.15, 0.2) is 11.6 Å². The molecular weight excluding hydrogens is 226 g/mol. The van der Waals surface area contributed by atoms with Crippen LogP contribution in [0.15, 0.2) is 18.3 Å². The molecule has 0 radical (unpaired) electrons. The quantitative estimate of drug-likeness (QED) is 0.865. The van der Waals surface area contributed by atoms with Crippen LogP contribution >= 0.6 is 0 Å². The topological polar surface area (TPSA) is 37.4 Å². The van der Waals surface area contributed by atoms with Crippen molar-refractivity contribution in [2.75, 3.05) is 38.7 Å². The molecule has 4 heteroatoms. The van der Waals surface area contributed by atoms with Gasteiger partial charge in [0, 0.05) is 19.3 Å². The van der Waals surface area contributed by atoms with E-state index in [4.69, 9.17) is 4.74 Å². The third-order valence-electron chi connectivity index (χ3n) is 3.69. The Morgan fingerprint density at radius 3 is 2.89 bits per heavy atom. The summed E-state index contributed by atoms with van der Waals surface area (Å²) in [6.07, 6.45) is 5.62. The van der Waals surface area contributed by atoms with Crippen LogP contribution in [0, 0.1) is 5.92 Å². The lowest BCUT2D eigenvalue weighted by molar-refractivity contribution is 0.370. The summed E-state index contributed by atoms with van der Waals surface area (Å²) < 4.78 is 5.38. The van der Waals surface area contributed by atoms with Gasteiger partial charge in [0.25, 0.3) is 0 Å². The van der Waals surface area contributed by atoms with Gasteiger partial charge in [-0.05, 0) is 50.9 Å². The minimum atomic E-state index is 0.850. The van der Waals surface area contributed by atoms with Crippen LogP contribution in [0.25, 0.3) is 0 Å². The van der Waals surface area contributed by atoms with E-state index >= 15 is 0 Å². The zero-order valence-electron chi connectivity index (χ0n) is 11.4. The number of anilines is 1. The van der Waals surface area contributed by atoms with Crippen LogP contribution in [0.2, 0.25) is 0 Å². The second-order valence-corrected chi connectivity index (χ2v) is 4.85. The predicted molar refractivity (Wildman–Crippen MR) is 74.3 cm³/mol. The number of pyridine rings is 1. The summed E-state index contributed by atoms with van der Waals surface area (Å²) >= 11 is 0. The summed E-state index contributed by atoms with van der Waals surface area (Å²) in [6, 6.07) is 3.90. The molecule has 1 fully saturated rings. The monoisotopic (exact) mass is 249 g/mol. The van der Waals surface area contributed by atoms with Gasteiger partial charge in [-0.25, -0.2) is 4.98 Å². The van der Waals surface area contributed by atoms with Gasteiger partial charge in [0.1, 0.15) is 0 Å². The summed E-state index contributed by atoms with van der Waals surface area (Å²) in [5.74, 6) is 2.72. The third kappa shape index (κ3) is 3.13. The van der Waals surface area contributed by atoms with Gasteiger partial charge in [-0.1, -0.05) is 0 Å². The van der Waals surface area contributed by atoms with E-state index in [9.17, 15) is 0 Å². The smallest absolute Gasteiger partial charge is 0.171 e. The number of aromatic nitrogens is 1. The molecule has 1 aliphatic rings. The van der Waals surface area contributed by atoms with Crippen LogP contribution in [0.4, 0.5) is 5.82 Å². The van der Waals surface area contributed by atoms with Gasteiger partial charge in [-0.3, -0.25) is 0 Å². The fourth-order valence-corrected chi connectivity index (χ4v) is 2.56. The first-order valence-corrected chi connectivity index (χ1v) is 6.73. The SMILES string of the molecule is CNCCC1CCN(c2ncccc2OC)CC1. The van der Waals surface area contributed by atoms with Gasteiger partial charge < -0.3 is 15.0 Å². The van der Waals surface area contributed by atoms with Gasteiger partial charge >= 0.3 is 0 Å². The summed E-state index contributed by atoms with van der Waals surface area (Å²) in [5.41, 5.74) is 0. The molecule has 1 aromatic heterocycles. The van der Waals surface area contributed by atoms with Crippen LogP contribution in [-0.4, -0.2) is 38.8 Å². The van der Waals surface area contributed by atoms with E-state index in [1.807, 2.05) is 25.4 Å². The average Bonchev–Trinajstić information content (AvgIpc) is 2.45. The highest BCUT2D eigenvalue weighted by atomic mass is 16.5. The molecule has 0 bridgehead atoms. The first-order valence-electron chi connectivity index (χ1n) is 6.73. The Bertz CT molecular complexity index is 362. The van der Waals surface area contributed by atoms with Gasteiger partial charge in [0.2, 0.25) is 0 Å². The number of piperidine rings is 1. The van der Waals surface area contributed by atoms with Gasteiger partial charge in [-0.2, -0.15) is 0 Å². The normalized spacial score (nSPS) is 16.9. The molecule has 0 aromatic carbocycles. The standard InChI is InChI=1S/C14H23N3O/c1-15-9-5-12-6-10-17(11-7-12)14-13(18-2)4-3-8-16-14/h3-4,8,12,15H,5-7,9-11H2,1-2H3. The Hall–Kier alpha value is -1.29. The number of rotatable bonds is 5. The molecule has 0 amide bonds. The predicted octanol–water partition coefficient (Wildman–Crippen LogP) is 1.92. The van der Waals surface area contributed by atoms with Crippen LogP contribution in [0.1, 0.15) is 19.3 Å². The summed E-state index contributed by atoms with van der Waals surface area (Å²) in [6.45, 7) is 3.29. The van der Waals surface area contributed by atoms with Crippen LogP contribution in [-0.2, 0) is 0 Å². The summed E-state index contributed by atoms with van der Waals surface area (Å²) in [5, 5.41) is 3.23. The Morgan fingerprint density at radius 2 is 2.22 bits per heavy atom. The van der Waals surface area contributed by atoms with E-state index in [2.05, 4.69) is 15.2 Å². The molecule has 0 aliphatic carbocycles. The van der Waals surface area contributed by atoms with Crippen molar-refractivity contribution in [1.29, 1.82) is 0 Å². The van der Waals surface area contributed by atoms with Gasteiger partial charge in [-0.15, -0.1) is 0 Å². The molecule has 4 nitrogen and oxygen atoms in total. The Morgan fingerprint density at radius 1 is 1.44 bits per heavy atom. The Labute approximate surface area is 109 Å². The molecule has 0 spiro atoms. The van der Waals surface area contributed by atoms with E-state index < -0.39 is 0 Å². The average molecular weight is 249 g/mol. The highest BCUT2D eigenvalue weighted by Gasteiger charge is 2.21. The van der Waals surface area contributed by atoms with Gasteiger partial charge in [0.05, 0.1) is 7.11 Å². The highest BCUT2D eigenvalue weighted by molar-refractivity contribution is 5.52. The van der Waals surface area contributed by atoms with Crippen molar-refractivity contribution in [3.63, 3.8) is 0 Å². The molecule has 1 aliphatic heterocycles. The fourth-order valence-electron chi connectivity index (χ4n) is 2.56. The van der Waals surface area contributed by atoms with Crippen molar-refractivity contribution in [3.05, 3.63) is 18.3 Å². The van der Waals surface area contributed by atoms with E-state index in [0.29, 0.717) is 0 Å². The minimum Gasteiger partial charge on any atom is -0.493 e. The number of ether oxygens (including phenoxy) is 1. The van der Waals surface area contributed by atoms with E-state index in [-0.39, 0.29) is 0 Å².